The third kappa shape index (κ3) is 3.37. The molecule has 1 N–H and O–H groups in total. The molecule has 3 atom stereocenters. The van der Waals surface area contributed by atoms with E-state index in [1.165, 1.54) is 0 Å². The van der Waals surface area contributed by atoms with E-state index in [0.717, 1.165) is 25.9 Å². The van der Waals surface area contributed by atoms with E-state index in [2.05, 4.69) is 11.4 Å². The standard InChI is InChI=1S/C20H24N4O3/c1-27-15-6-2-4-13(8-15)20(26)23-11-16-17(12-23)19(16)22-10-18(25)24-7-3-5-14(24)9-21/h2,4,6,8,14,16-17,19,22H,3,5,7,10-12H2,1H3. The monoisotopic (exact) mass is 368 g/mol. The van der Waals surface area contributed by atoms with Crippen LogP contribution in [0.1, 0.15) is 23.2 Å². The number of amides is 2. The lowest BCUT2D eigenvalue weighted by Crippen LogP contribution is -2.43. The Morgan fingerprint density at radius 2 is 2.11 bits per heavy atom. The average molecular weight is 368 g/mol. The Balaban J connectivity index is 1.26. The predicted octanol–water partition coefficient (Wildman–Crippen LogP) is 0.870. The van der Waals surface area contributed by atoms with Crippen molar-refractivity contribution in [3.63, 3.8) is 0 Å². The van der Waals surface area contributed by atoms with Crippen LogP contribution >= 0.6 is 0 Å². The van der Waals surface area contributed by atoms with Crippen molar-refractivity contribution in [1.82, 2.24) is 15.1 Å². The number of rotatable bonds is 5. The number of carbonyl (C=O) groups is 2. The zero-order valence-electron chi connectivity index (χ0n) is 15.4. The molecule has 1 saturated carbocycles. The smallest absolute Gasteiger partial charge is 0.254 e. The van der Waals surface area contributed by atoms with Crippen molar-refractivity contribution in [2.24, 2.45) is 11.8 Å². The minimum Gasteiger partial charge on any atom is -0.497 e. The van der Waals surface area contributed by atoms with Crippen LogP contribution in [0.3, 0.4) is 0 Å². The number of nitrogens with zero attached hydrogens (tertiary/aromatic N) is 3. The summed E-state index contributed by atoms with van der Waals surface area (Å²) in [6, 6.07) is 9.46. The van der Waals surface area contributed by atoms with Gasteiger partial charge in [0.1, 0.15) is 11.8 Å². The molecule has 0 spiro atoms. The Morgan fingerprint density at radius 3 is 2.81 bits per heavy atom. The van der Waals surface area contributed by atoms with Gasteiger partial charge >= 0.3 is 0 Å². The first-order valence-corrected chi connectivity index (χ1v) is 9.48. The van der Waals surface area contributed by atoms with Gasteiger partial charge in [-0.1, -0.05) is 6.07 Å². The highest BCUT2D eigenvalue weighted by Gasteiger charge is 2.56. The van der Waals surface area contributed by atoms with Crippen molar-refractivity contribution in [2.45, 2.75) is 24.9 Å². The highest BCUT2D eigenvalue weighted by Crippen LogP contribution is 2.45. The van der Waals surface area contributed by atoms with E-state index < -0.39 is 0 Å². The van der Waals surface area contributed by atoms with Crippen molar-refractivity contribution in [1.29, 1.82) is 5.26 Å². The molecular weight excluding hydrogens is 344 g/mol. The molecule has 1 aromatic carbocycles. The van der Waals surface area contributed by atoms with Crippen LogP contribution in [0.2, 0.25) is 0 Å². The number of hydrogen-bond donors (Lipinski definition) is 1. The van der Waals surface area contributed by atoms with Gasteiger partial charge in [0.2, 0.25) is 5.91 Å². The number of methoxy groups -OCH3 is 1. The lowest BCUT2D eigenvalue weighted by Gasteiger charge is -2.22. The Kier molecular flexibility index (Phi) is 4.75. The number of hydrogen-bond acceptors (Lipinski definition) is 5. The van der Waals surface area contributed by atoms with E-state index >= 15 is 0 Å². The Morgan fingerprint density at radius 1 is 1.33 bits per heavy atom. The lowest BCUT2D eigenvalue weighted by atomic mass is 10.2. The second-order valence-electron chi connectivity index (χ2n) is 7.55. The SMILES string of the molecule is COc1cccc(C(=O)N2CC3C(C2)C3NCC(=O)N2CCCC2C#N)c1. The quantitative estimate of drug-likeness (QED) is 0.834. The Bertz CT molecular complexity index is 778. The first-order valence-electron chi connectivity index (χ1n) is 9.48. The first-order chi connectivity index (χ1) is 13.1. The molecular formula is C20H24N4O3. The molecule has 142 valence electrons. The molecule has 0 radical (unpaired) electrons. The van der Waals surface area contributed by atoms with Gasteiger partial charge in [-0.05, 0) is 42.9 Å². The third-order valence-electron chi connectivity index (χ3n) is 6.01. The fourth-order valence-electron chi connectivity index (χ4n) is 4.44. The molecule has 2 saturated heterocycles. The van der Waals surface area contributed by atoms with E-state index in [9.17, 15) is 9.59 Å². The Hall–Kier alpha value is -2.59. The van der Waals surface area contributed by atoms with Gasteiger partial charge in [0, 0.05) is 31.2 Å². The number of benzene rings is 1. The topological polar surface area (TPSA) is 85.7 Å². The fourth-order valence-corrected chi connectivity index (χ4v) is 4.44. The van der Waals surface area contributed by atoms with Crippen LogP contribution in [-0.2, 0) is 4.79 Å². The summed E-state index contributed by atoms with van der Waals surface area (Å²) < 4.78 is 5.19. The molecule has 7 heteroatoms. The van der Waals surface area contributed by atoms with Crippen LogP contribution in [-0.4, -0.2) is 67.0 Å². The summed E-state index contributed by atoms with van der Waals surface area (Å²) in [6.07, 6.45) is 1.68. The number of nitrogens with one attached hydrogen (secondary N) is 1. The van der Waals surface area contributed by atoms with Gasteiger partial charge in [0.25, 0.3) is 5.91 Å². The predicted molar refractivity (Wildman–Crippen MR) is 98.0 cm³/mol. The van der Waals surface area contributed by atoms with E-state index in [1.807, 2.05) is 23.1 Å². The van der Waals surface area contributed by atoms with Crippen LogP contribution in [0.15, 0.2) is 24.3 Å². The van der Waals surface area contributed by atoms with Gasteiger partial charge in [-0.25, -0.2) is 0 Å². The van der Waals surface area contributed by atoms with Crippen molar-refractivity contribution in [2.75, 3.05) is 33.3 Å². The summed E-state index contributed by atoms with van der Waals surface area (Å²) >= 11 is 0. The van der Waals surface area contributed by atoms with E-state index in [-0.39, 0.29) is 24.4 Å². The van der Waals surface area contributed by atoms with Gasteiger partial charge in [-0.2, -0.15) is 5.26 Å². The molecule has 1 aromatic rings. The van der Waals surface area contributed by atoms with Crippen LogP contribution in [0.4, 0.5) is 0 Å². The number of nitriles is 1. The van der Waals surface area contributed by atoms with Crippen LogP contribution < -0.4 is 10.1 Å². The van der Waals surface area contributed by atoms with Crippen molar-refractivity contribution >= 4 is 11.8 Å². The highest BCUT2D eigenvalue weighted by molar-refractivity contribution is 5.95. The fraction of sp³-hybridized carbons (Fsp3) is 0.550. The maximum Gasteiger partial charge on any atom is 0.254 e. The summed E-state index contributed by atoms with van der Waals surface area (Å²) in [5.41, 5.74) is 0.645. The van der Waals surface area contributed by atoms with Gasteiger partial charge < -0.3 is 19.9 Å². The molecule has 3 aliphatic rings. The molecule has 4 rings (SSSR count). The number of likely N-dealkylation sites (tertiary alicyclic amines) is 2. The third-order valence-corrected chi connectivity index (χ3v) is 6.01. The largest absolute Gasteiger partial charge is 0.497 e. The molecule has 0 aromatic heterocycles. The van der Waals surface area contributed by atoms with E-state index in [0.29, 0.717) is 35.7 Å². The van der Waals surface area contributed by atoms with Gasteiger partial charge in [-0.15, -0.1) is 0 Å². The number of piperidine rings is 1. The summed E-state index contributed by atoms with van der Waals surface area (Å²) in [4.78, 5) is 28.5. The minimum absolute atomic E-state index is 0.00772. The molecule has 7 nitrogen and oxygen atoms in total. The maximum atomic E-state index is 12.7. The van der Waals surface area contributed by atoms with Crippen LogP contribution in [0.5, 0.6) is 5.75 Å². The molecule has 2 amide bonds. The van der Waals surface area contributed by atoms with Crippen LogP contribution in [0, 0.1) is 23.2 Å². The molecule has 3 fully saturated rings. The average Bonchev–Trinajstić information content (AvgIpc) is 3.09. The first kappa shape index (κ1) is 17.8. The van der Waals surface area contributed by atoms with Crippen LogP contribution in [0.25, 0.3) is 0 Å². The van der Waals surface area contributed by atoms with Crippen molar-refractivity contribution in [3.8, 4) is 11.8 Å². The normalized spacial score (nSPS) is 28.6. The maximum absolute atomic E-state index is 12.7. The van der Waals surface area contributed by atoms with Gasteiger partial charge in [-0.3, -0.25) is 9.59 Å². The summed E-state index contributed by atoms with van der Waals surface area (Å²) in [5.74, 6) is 1.55. The van der Waals surface area contributed by atoms with E-state index in [1.54, 1.807) is 18.1 Å². The second-order valence-corrected chi connectivity index (χ2v) is 7.55. The highest BCUT2D eigenvalue weighted by atomic mass is 16.5. The van der Waals surface area contributed by atoms with Gasteiger partial charge in [0.05, 0.1) is 19.7 Å². The summed E-state index contributed by atoms with van der Waals surface area (Å²) in [6.45, 7) is 2.40. The molecule has 27 heavy (non-hydrogen) atoms. The zero-order valence-corrected chi connectivity index (χ0v) is 15.4. The van der Waals surface area contributed by atoms with Gasteiger partial charge in [0.15, 0.2) is 0 Å². The molecule has 1 aliphatic carbocycles. The number of fused-ring (bicyclic) bond motifs is 1. The molecule has 3 unspecified atom stereocenters. The Labute approximate surface area is 158 Å². The molecule has 2 aliphatic heterocycles. The molecule has 2 heterocycles. The molecule has 0 bridgehead atoms. The number of ether oxygens (including phenoxy) is 1. The second kappa shape index (κ2) is 7.20. The lowest BCUT2D eigenvalue weighted by molar-refractivity contribution is -0.130. The summed E-state index contributed by atoms with van der Waals surface area (Å²) in [7, 11) is 1.59. The van der Waals surface area contributed by atoms with Crippen molar-refractivity contribution < 1.29 is 14.3 Å². The summed E-state index contributed by atoms with van der Waals surface area (Å²) in [5, 5.41) is 12.4. The van der Waals surface area contributed by atoms with Crippen molar-refractivity contribution in [3.05, 3.63) is 29.8 Å². The number of carbonyl (C=O) groups excluding carboxylic acids is 2. The zero-order chi connectivity index (χ0) is 19.0. The minimum atomic E-state index is -0.269. The van der Waals surface area contributed by atoms with E-state index in [4.69, 9.17) is 10.00 Å².